The average Bonchev–Trinajstić information content (AvgIpc) is 2.31. The Kier molecular flexibility index (Phi) is 2.73. The maximum atomic E-state index is 13.9. The summed E-state index contributed by atoms with van der Waals surface area (Å²) in [6.45, 7) is 1.60. The fourth-order valence-electron chi connectivity index (χ4n) is 2.74. The van der Waals surface area contributed by atoms with Crippen LogP contribution in [0.4, 0.5) is 4.39 Å². The van der Waals surface area contributed by atoms with Gasteiger partial charge in [-0.1, -0.05) is 6.07 Å². The topological polar surface area (TPSA) is 51.5 Å². The molecule has 2 saturated heterocycles. The van der Waals surface area contributed by atoms with E-state index in [4.69, 9.17) is 14.2 Å². The Labute approximate surface area is 110 Å². The first kappa shape index (κ1) is 12.4. The summed E-state index contributed by atoms with van der Waals surface area (Å²) in [5, 5.41) is 9.46. The second kappa shape index (κ2) is 4.19. The van der Waals surface area contributed by atoms with E-state index in [9.17, 15) is 9.65 Å². The fourth-order valence-corrected chi connectivity index (χ4v) is 2.74. The highest BCUT2D eigenvalue weighted by Crippen LogP contribution is 2.51. The lowest BCUT2D eigenvalue weighted by Crippen LogP contribution is -2.66. The van der Waals surface area contributed by atoms with Crippen molar-refractivity contribution < 1.29 is 18.6 Å². The summed E-state index contributed by atoms with van der Waals surface area (Å²) in [6.07, 6.45) is 0. The van der Waals surface area contributed by atoms with Crippen molar-refractivity contribution in [3.05, 3.63) is 29.6 Å². The standard InChI is InChI=1S/C14H14FNO3/c1-17-12-3-2-10(4-11(12)15)14(8-19-9-14)13(5-16)6-18-7-13/h2-4H,6-9H2,1H3. The summed E-state index contributed by atoms with van der Waals surface area (Å²) in [7, 11) is 1.43. The van der Waals surface area contributed by atoms with Gasteiger partial charge in [0.2, 0.25) is 0 Å². The predicted molar refractivity (Wildman–Crippen MR) is 64.3 cm³/mol. The fraction of sp³-hybridized carbons (Fsp3) is 0.500. The van der Waals surface area contributed by atoms with E-state index in [2.05, 4.69) is 6.07 Å². The molecule has 19 heavy (non-hydrogen) atoms. The summed E-state index contributed by atoms with van der Waals surface area (Å²) in [5.41, 5.74) is -0.291. The molecule has 2 aliphatic heterocycles. The third-order valence-corrected chi connectivity index (χ3v) is 4.23. The summed E-state index contributed by atoms with van der Waals surface area (Å²) >= 11 is 0. The Balaban J connectivity index is 2.03. The van der Waals surface area contributed by atoms with Crippen LogP contribution < -0.4 is 4.74 Å². The van der Waals surface area contributed by atoms with Crippen molar-refractivity contribution >= 4 is 0 Å². The van der Waals surface area contributed by atoms with Crippen molar-refractivity contribution in [3.8, 4) is 11.8 Å². The lowest BCUT2D eigenvalue weighted by molar-refractivity contribution is -0.201. The minimum absolute atomic E-state index is 0.204. The quantitative estimate of drug-likeness (QED) is 0.832. The monoisotopic (exact) mass is 263 g/mol. The van der Waals surface area contributed by atoms with Gasteiger partial charge in [-0.15, -0.1) is 0 Å². The number of hydrogen-bond donors (Lipinski definition) is 0. The molecule has 0 amide bonds. The number of benzene rings is 1. The van der Waals surface area contributed by atoms with Crippen LogP contribution in [0.25, 0.3) is 0 Å². The summed E-state index contributed by atoms with van der Waals surface area (Å²) in [6, 6.07) is 7.19. The van der Waals surface area contributed by atoms with Gasteiger partial charge in [-0.3, -0.25) is 0 Å². The van der Waals surface area contributed by atoms with Crippen LogP contribution in [-0.2, 0) is 14.9 Å². The van der Waals surface area contributed by atoms with Crippen molar-refractivity contribution in [1.29, 1.82) is 5.26 Å². The first-order valence-corrected chi connectivity index (χ1v) is 6.08. The zero-order chi connectivity index (χ0) is 13.5. The second-order valence-electron chi connectivity index (χ2n) is 5.11. The van der Waals surface area contributed by atoms with Crippen LogP contribution in [0.3, 0.4) is 0 Å². The van der Waals surface area contributed by atoms with Gasteiger partial charge < -0.3 is 14.2 Å². The van der Waals surface area contributed by atoms with Crippen LogP contribution in [0.15, 0.2) is 18.2 Å². The molecular formula is C14H14FNO3. The first-order valence-electron chi connectivity index (χ1n) is 6.08. The van der Waals surface area contributed by atoms with E-state index >= 15 is 0 Å². The highest BCUT2D eigenvalue weighted by molar-refractivity contribution is 5.40. The maximum Gasteiger partial charge on any atom is 0.165 e. The summed E-state index contributed by atoms with van der Waals surface area (Å²) in [4.78, 5) is 0. The van der Waals surface area contributed by atoms with Gasteiger partial charge in [0.05, 0.1) is 45.0 Å². The van der Waals surface area contributed by atoms with E-state index in [1.54, 1.807) is 6.07 Å². The van der Waals surface area contributed by atoms with Gasteiger partial charge in [-0.2, -0.15) is 5.26 Å². The van der Waals surface area contributed by atoms with Crippen LogP contribution >= 0.6 is 0 Å². The van der Waals surface area contributed by atoms with Crippen molar-refractivity contribution in [2.75, 3.05) is 33.5 Å². The highest BCUT2D eigenvalue weighted by atomic mass is 19.1. The van der Waals surface area contributed by atoms with E-state index < -0.39 is 16.6 Å². The Morgan fingerprint density at radius 3 is 2.32 bits per heavy atom. The van der Waals surface area contributed by atoms with E-state index in [1.165, 1.54) is 13.2 Å². The Hall–Kier alpha value is -1.64. The molecular weight excluding hydrogens is 249 g/mol. The third-order valence-electron chi connectivity index (χ3n) is 4.23. The number of nitrogens with zero attached hydrogens (tertiary/aromatic N) is 1. The molecule has 5 heteroatoms. The molecule has 0 radical (unpaired) electrons. The van der Waals surface area contributed by atoms with E-state index in [1.807, 2.05) is 6.07 Å². The molecule has 100 valence electrons. The van der Waals surface area contributed by atoms with Crippen molar-refractivity contribution in [3.63, 3.8) is 0 Å². The molecule has 1 aromatic rings. The van der Waals surface area contributed by atoms with Crippen molar-refractivity contribution in [2.45, 2.75) is 5.41 Å². The van der Waals surface area contributed by atoms with Gasteiger partial charge in [-0.05, 0) is 17.7 Å². The lowest BCUT2D eigenvalue weighted by Gasteiger charge is -2.55. The van der Waals surface area contributed by atoms with Gasteiger partial charge in [-0.25, -0.2) is 4.39 Å². The summed E-state index contributed by atoms with van der Waals surface area (Å²) < 4.78 is 29.3. The van der Waals surface area contributed by atoms with E-state index in [-0.39, 0.29) is 5.75 Å². The minimum Gasteiger partial charge on any atom is -0.494 e. The molecule has 3 rings (SSSR count). The number of hydrogen-bond acceptors (Lipinski definition) is 4. The van der Waals surface area contributed by atoms with E-state index in [0.717, 1.165) is 5.56 Å². The molecule has 0 unspecified atom stereocenters. The van der Waals surface area contributed by atoms with Crippen molar-refractivity contribution in [1.82, 2.24) is 0 Å². The van der Waals surface area contributed by atoms with Crippen molar-refractivity contribution in [2.24, 2.45) is 5.41 Å². The largest absolute Gasteiger partial charge is 0.494 e. The van der Waals surface area contributed by atoms with Crippen LogP contribution in [-0.4, -0.2) is 33.5 Å². The van der Waals surface area contributed by atoms with Crippen LogP contribution in [0.5, 0.6) is 5.75 Å². The molecule has 4 nitrogen and oxygen atoms in total. The molecule has 1 aromatic carbocycles. The average molecular weight is 263 g/mol. The molecule has 0 N–H and O–H groups in total. The molecule has 2 aliphatic rings. The predicted octanol–water partition coefficient (Wildman–Crippen LogP) is 1.64. The van der Waals surface area contributed by atoms with Gasteiger partial charge in [0.15, 0.2) is 11.6 Å². The SMILES string of the molecule is COc1ccc(C2(C3(C#N)COC3)COC2)cc1F. The maximum absolute atomic E-state index is 13.9. The smallest absolute Gasteiger partial charge is 0.165 e. The van der Waals surface area contributed by atoms with E-state index in [0.29, 0.717) is 26.4 Å². The molecule has 2 fully saturated rings. The molecule has 0 atom stereocenters. The Bertz CT molecular complexity index is 544. The third kappa shape index (κ3) is 1.50. The number of rotatable bonds is 3. The first-order chi connectivity index (χ1) is 9.17. The summed E-state index contributed by atoms with van der Waals surface area (Å²) in [5.74, 6) is -0.213. The van der Waals surface area contributed by atoms with Crippen LogP contribution in [0, 0.1) is 22.6 Å². The molecule has 0 aliphatic carbocycles. The number of methoxy groups -OCH3 is 1. The Morgan fingerprint density at radius 2 is 1.95 bits per heavy atom. The molecule has 0 aromatic heterocycles. The second-order valence-corrected chi connectivity index (χ2v) is 5.11. The minimum atomic E-state index is -0.605. The van der Waals surface area contributed by atoms with Crippen LogP contribution in [0.2, 0.25) is 0 Å². The number of nitriles is 1. The molecule has 2 heterocycles. The van der Waals surface area contributed by atoms with Gasteiger partial charge in [0, 0.05) is 0 Å². The number of ether oxygens (including phenoxy) is 3. The van der Waals surface area contributed by atoms with Gasteiger partial charge in [0.1, 0.15) is 5.41 Å². The van der Waals surface area contributed by atoms with Gasteiger partial charge in [0.25, 0.3) is 0 Å². The molecule has 0 saturated carbocycles. The lowest BCUT2D eigenvalue weighted by atomic mass is 9.58. The van der Waals surface area contributed by atoms with Crippen LogP contribution in [0.1, 0.15) is 5.56 Å². The zero-order valence-corrected chi connectivity index (χ0v) is 10.6. The zero-order valence-electron chi connectivity index (χ0n) is 10.6. The molecule has 0 bridgehead atoms. The van der Waals surface area contributed by atoms with Gasteiger partial charge >= 0.3 is 0 Å². The highest BCUT2D eigenvalue weighted by Gasteiger charge is 2.62. The normalized spacial score (nSPS) is 22.8. The Morgan fingerprint density at radius 1 is 1.26 bits per heavy atom. The molecule has 0 spiro atoms. The number of halogens is 1.